The Morgan fingerprint density at radius 2 is 1.68 bits per heavy atom. The SMILES string of the molecule is CCOC(=O)c1ccc([Se]C(F)(F)C(F)(F)F)cc1. The van der Waals surface area contributed by atoms with Crippen molar-refractivity contribution < 1.29 is 31.5 Å². The number of carbonyl (C=O) groups is 1. The zero-order valence-corrected chi connectivity index (χ0v) is 11.3. The number of hydrogen-bond acceptors (Lipinski definition) is 2. The average Bonchev–Trinajstić information content (AvgIpc) is 2.28. The topological polar surface area (TPSA) is 26.3 Å². The second-order valence-corrected chi connectivity index (χ2v) is 5.85. The Morgan fingerprint density at radius 3 is 2.11 bits per heavy atom. The molecule has 0 bridgehead atoms. The summed E-state index contributed by atoms with van der Waals surface area (Å²) in [5, 5.41) is 0. The second-order valence-electron chi connectivity index (χ2n) is 3.36. The van der Waals surface area contributed by atoms with Crippen molar-refractivity contribution in [2.45, 2.75) is 17.9 Å². The standard InChI is InChI=1S/C11H9F5O2Se/c1-2-18-9(17)7-3-5-8(6-4-7)19-11(15,16)10(12,13)14/h3-6H,2H2,1H3. The third-order valence-electron chi connectivity index (χ3n) is 1.94. The van der Waals surface area contributed by atoms with Gasteiger partial charge in [-0.25, -0.2) is 0 Å². The molecule has 0 saturated heterocycles. The van der Waals surface area contributed by atoms with Crippen LogP contribution in [-0.4, -0.2) is 38.5 Å². The number of rotatable bonds is 4. The third-order valence-corrected chi connectivity index (χ3v) is 4.03. The van der Waals surface area contributed by atoms with E-state index in [1.807, 2.05) is 0 Å². The van der Waals surface area contributed by atoms with E-state index in [0.29, 0.717) is 0 Å². The molecule has 0 saturated carbocycles. The maximum absolute atomic E-state index is 12.8. The molecule has 106 valence electrons. The van der Waals surface area contributed by atoms with Crippen LogP contribution in [0.5, 0.6) is 0 Å². The molecule has 0 heterocycles. The van der Waals surface area contributed by atoms with E-state index in [0.717, 1.165) is 12.1 Å². The molecule has 1 aromatic rings. The molecular formula is C11H9F5O2Se. The van der Waals surface area contributed by atoms with Gasteiger partial charge in [0.1, 0.15) is 0 Å². The van der Waals surface area contributed by atoms with Gasteiger partial charge in [0.2, 0.25) is 0 Å². The second kappa shape index (κ2) is 5.88. The van der Waals surface area contributed by atoms with Crippen molar-refractivity contribution in [3.63, 3.8) is 0 Å². The molecule has 1 rings (SSSR count). The van der Waals surface area contributed by atoms with Crippen LogP contribution in [0.4, 0.5) is 22.0 Å². The summed E-state index contributed by atoms with van der Waals surface area (Å²) in [7, 11) is 0. The molecule has 0 spiro atoms. The Morgan fingerprint density at radius 1 is 1.16 bits per heavy atom. The number of benzene rings is 1. The summed E-state index contributed by atoms with van der Waals surface area (Å²) in [6, 6.07) is 4.49. The van der Waals surface area contributed by atoms with Crippen LogP contribution in [0.2, 0.25) is 0 Å². The number of hydrogen-bond donors (Lipinski definition) is 0. The molecule has 0 fully saturated rings. The van der Waals surface area contributed by atoms with Gasteiger partial charge in [0, 0.05) is 0 Å². The van der Waals surface area contributed by atoms with Crippen molar-refractivity contribution in [1.82, 2.24) is 0 Å². The van der Waals surface area contributed by atoms with Gasteiger partial charge >= 0.3 is 111 Å². The van der Waals surface area contributed by atoms with Crippen LogP contribution in [0.25, 0.3) is 0 Å². The number of esters is 1. The molecule has 8 heteroatoms. The molecule has 19 heavy (non-hydrogen) atoms. The van der Waals surface area contributed by atoms with Crippen LogP contribution < -0.4 is 4.46 Å². The van der Waals surface area contributed by atoms with E-state index in [1.54, 1.807) is 6.92 Å². The summed E-state index contributed by atoms with van der Waals surface area (Å²) < 4.78 is 66.2. The minimum atomic E-state index is -5.56. The fraction of sp³-hybridized carbons (Fsp3) is 0.364. The van der Waals surface area contributed by atoms with Gasteiger partial charge in [-0.15, -0.1) is 0 Å². The van der Waals surface area contributed by atoms with Gasteiger partial charge in [-0.3, -0.25) is 0 Å². The summed E-state index contributed by atoms with van der Waals surface area (Å²) in [4.78, 5) is 6.52. The molecule has 0 atom stereocenters. The van der Waals surface area contributed by atoms with Crippen LogP contribution >= 0.6 is 0 Å². The van der Waals surface area contributed by atoms with E-state index >= 15 is 0 Å². The van der Waals surface area contributed by atoms with E-state index in [4.69, 9.17) is 0 Å². The third kappa shape index (κ3) is 4.18. The Labute approximate surface area is 112 Å². The zero-order valence-electron chi connectivity index (χ0n) is 9.63. The first-order valence-electron chi connectivity index (χ1n) is 5.08. The Hall–Kier alpha value is -1.14. The fourth-order valence-corrected chi connectivity index (χ4v) is 2.51. The molecule has 1 aromatic carbocycles. The van der Waals surface area contributed by atoms with E-state index in [-0.39, 0.29) is 16.6 Å². The van der Waals surface area contributed by atoms with Crippen molar-refractivity contribution in [1.29, 1.82) is 0 Å². The predicted molar refractivity (Wildman–Crippen MR) is 58.8 cm³/mol. The van der Waals surface area contributed by atoms with Gasteiger partial charge < -0.3 is 0 Å². The van der Waals surface area contributed by atoms with Crippen molar-refractivity contribution >= 4 is 25.4 Å². The van der Waals surface area contributed by atoms with Crippen LogP contribution in [0.1, 0.15) is 17.3 Å². The zero-order chi connectivity index (χ0) is 14.7. The Bertz CT molecular complexity index is 441. The molecule has 0 N–H and O–H groups in total. The average molecular weight is 347 g/mol. The van der Waals surface area contributed by atoms with Gasteiger partial charge in [-0.1, -0.05) is 0 Å². The van der Waals surface area contributed by atoms with Crippen molar-refractivity contribution in [2.24, 2.45) is 0 Å². The molecule has 0 aliphatic rings. The molecule has 0 aliphatic carbocycles. The molecule has 2 nitrogen and oxygen atoms in total. The van der Waals surface area contributed by atoms with Gasteiger partial charge in [-0.05, 0) is 0 Å². The van der Waals surface area contributed by atoms with Gasteiger partial charge in [0.15, 0.2) is 0 Å². The molecule has 0 radical (unpaired) electrons. The number of alkyl halides is 5. The first kappa shape index (κ1) is 15.9. The molecule has 0 aromatic heterocycles. The van der Waals surface area contributed by atoms with Crippen LogP contribution in [-0.2, 0) is 4.74 Å². The molecule has 0 aliphatic heterocycles. The quantitative estimate of drug-likeness (QED) is 0.475. The van der Waals surface area contributed by atoms with Crippen molar-refractivity contribution in [2.75, 3.05) is 6.61 Å². The first-order valence-corrected chi connectivity index (χ1v) is 6.79. The Kier molecular flexibility index (Phi) is 4.92. The maximum atomic E-state index is 12.8. The van der Waals surface area contributed by atoms with E-state index in [1.165, 1.54) is 12.1 Å². The normalized spacial score (nSPS) is 12.3. The molecule has 0 unspecified atom stereocenters. The van der Waals surface area contributed by atoms with Gasteiger partial charge in [-0.2, -0.15) is 0 Å². The van der Waals surface area contributed by atoms with Gasteiger partial charge in [0.05, 0.1) is 0 Å². The summed E-state index contributed by atoms with van der Waals surface area (Å²) >= 11 is -2.08. The molecule has 0 amide bonds. The summed E-state index contributed by atoms with van der Waals surface area (Å²) in [6.45, 7) is 1.75. The van der Waals surface area contributed by atoms with Crippen LogP contribution in [0.3, 0.4) is 0 Å². The van der Waals surface area contributed by atoms with Gasteiger partial charge in [0.25, 0.3) is 0 Å². The van der Waals surface area contributed by atoms with E-state index in [2.05, 4.69) is 4.74 Å². The Balaban J connectivity index is 2.81. The van der Waals surface area contributed by atoms with Crippen LogP contribution in [0.15, 0.2) is 24.3 Å². The van der Waals surface area contributed by atoms with Crippen molar-refractivity contribution in [3.05, 3.63) is 29.8 Å². The summed E-state index contributed by atoms with van der Waals surface area (Å²) in [6.07, 6.45) is -5.56. The predicted octanol–water partition coefficient (Wildman–Crippen LogP) is 2.35. The van der Waals surface area contributed by atoms with E-state index < -0.39 is 31.9 Å². The summed E-state index contributed by atoms with van der Waals surface area (Å²) in [5.41, 5.74) is 0.108. The first-order chi connectivity index (χ1) is 8.67. The minimum absolute atomic E-state index is 0.108. The number of carbonyl (C=O) groups excluding carboxylic acids is 1. The van der Waals surface area contributed by atoms with Crippen LogP contribution in [0, 0.1) is 0 Å². The summed E-state index contributed by atoms with van der Waals surface area (Å²) in [5.74, 6) is -0.649. The van der Waals surface area contributed by atoms with Crippen molar-refractivity contribution in [3.8, 4) is 0 Å². The molecular weight excluding hydrogens is 338 g/mol. The number of ether oxygens (including phenoxy) is 1. The van der Waals surface area contributed by atoms with E-state index in [9.17, 15) is 26.7 Å². The number of halogens is 5. The monoisotopic (exact) mass is 348 g/mol. The fourth-order valence-electron chi connectivity index (χ4n) is 1.08.